The number of carbonyl (C=O) groups is 1. The Morgan fingerprint density at radius 1 is 1.62 bits per heavy atom. The van der Waals surface area contributed by atoms with E-state index in [2.05, 4.69) is 0 Å². The highest BCUT2D eigenvalue weighted by Crippen LogP contribution is 2.26. The molecule has 1 rings (SSSR count). The first-order valence-corrected chi connectivity index (χ1v) is 4.78. The number of ether oxygens (including phenoxy) is 1. The molecule has 0 fully saturated rings. The Morgan fingerprint density at radius 2 is 2.25 bits per heavy atom. The van der Waals surface area contributed by atoms with Crippen LogP contribution in [-0.4, -0.2) is 24.7 Å². The first-order valence-electron chi connectivity index (χ1n) is 4.78. The van der Waals surface area contributed by atoms with E-state index in [0.717, 1.165) is 0 Å². The van der Waals surface area contributed by atoms with E-state index in [1.807, 2.05) is 0 Å². The fourth-order valence-corrected chi connectivity index (χ4v) is 1.47. The molecular weight excluding hydrogens is 213 g/mol. The van der Waals surface area contributed by atoms with E-state index in [1.54, 1.807) is 6.92 Å². The van der Waals surface area contributed by atoms with Crippen molar-refractivity contribution in [3.8, 4) is 5.75 Å². The van der Waals surface area contributed by atoms with Gasteiger partial charge in [-0.15, -0.1) is 0 Å². The van der Waals surface area contributed by atoms with Crippen LogP contribution in [0.4, 0.5) is 4.39 Å². The van der Waals surface area contributed by atoms with Gasteiger partial charge in [0.1, 0.15) is 11.6 Å². The molecule has 0 aliphatic rings. The minimum Gasteiger partial charge on any atom is -0.496 e. The molecule has 0 amide bonds. The molecule has 1 aromatic carbocycles. The zero-order valence-electron chi connectivity index (χ0n) is 9.16. The lowest BCUT2D eigenvalue weighted by molar-refractivity contribution is -0.138. The highest BCUT2D eigenvalue weighted by Gasteiger charge is 2.20. The fraction of sp³-hybridized carbons (Fsp3) is 0.364. The second-order valence-electron chi connectivity index (χ2n) is 3.46. The van der Waals surface area contributed by atoms with E-state index in [9.17, 15) is 9.18 Å². The highest BCUT2D eigenvalue weighted by atomic mass is 19.1. The van der Waals surface area contributed by atoms with Gasteiger partial charge in [-0.25, -0.2) is 4.39 Å². The number of hydrogen-bond acceptors (Lipinski definition) is 3. The first-order chi connectivity index (χ1) is 7.51. The molecule has 16 heavy (non-hydrogen) atoms. The van der Waals surface area contributed by atoms with Crippen LogP contribution in [0, 0.1) is 12.7 Å². The van der Waals surface area contributed by atoms with Gasteiger partial charge in [0.15, 0.2) is 0 Å². The number of nitrogens with two attached hydrogens (primary N) is 1. The lowest BCUT2D eigenvalue weighted by Gasteiger charge is -2.13. The van der Waals surface area contributed by atoms with Crippen LogP contribution in [0.1, 0.15) is 17.0 Å². The van der Waals surface area contributed by atoms with Crippen LogP contribution in [0.25, 0.3) is 0 Å². The maximum Gasteiger partial charge on any atom is 0.312 e. The van der Waals surface area contributed by atoms with Crippen molar-refractivity contribution in [2.24, 2.45) is 5.73 Å². The zero-order chi connectivity index (χ0) is 12.3. The van der Waals surface area contributed by atoms with E-state index in [4.69, 9.17) is 15.6 Å². The Kier molecular flexibility index (Phi) is 3.84. The predicted molar refractivity (Wildman–Crippen MR) is 57.1 cm³/mol. The minimum atomic E-state index is -1.08. The van der Waals surface area contributed by atoms with Gasteiger partial charge in [0.2, 0.25) is 0 Å². The summed E-state index contributed by atoms with van der Waals surface area (Å²) in [6, 6.07) is 2.69. The maximum absolute atomic E-state index is 13.5. The molecular formula is C11H14FNO3. The van der Waals surface area contributed by atoms with Gasteiger partial charge in [0, 0.05) is 12.1 Å². The quantitative estimate of drug-likeness (QED) is 0.812. The number of benzene rings is 1. The second-order valence-corrected chi connectivity index (χ2v) is 3.46. The lowest BCUT2D eigenvalue weighted by Crippen LogP contribution is -2.21. The molecule has 1 atom stereocenters. The minimum absolute atomic E-state index is 0.0824. The lowest BCUT2D eigenvalue weighted by atomic mass is 9.97. The van der Waals surface area contributed by atoms with Gasteiger partial charge < -0.3 is 15.6 Å². The van der Waals surface area contributed by atoms with Crippen LogP contribution in [0.3, 0.4) is 0 Å². The number of methoxy groups -OCH3 is 1. The van der Waals surface area contributed by atoms with Crippen LogP contribution in [0.15, 0.2) is 12.1 Å². The highest BCUT2D eigenvalue weighted by molar-refractivity contribution is 5.76. The standard InChI is InChI=1S/C11H14FNO3/c1-6-9(12)3-7(4-10(6)16-2)8(5-13)11(14)15/h3-4,8H,5,13H2,1-2H3,(H,14,15). The molecule has 88 valence electrons. The molecule has 0 aromatic heterocycles. The van der Waals surface area contributed by atoms with Crippen molar-refractivity contribution in [2.45, 2.75) is 12.8 Å². The smallest absolute Gasteiger partial charge is 0.312 e. The van der Waals surface area contributed by atoms with E-state index in [1.165, 1.54) is 19.2 Å². The van der Waals surface area contributed by atoms with Gasteiger partial charge in [-0.3, -0.25) is 4.79 Å². The zero-order valence-corrected chi connectivity index (χ0v) is 9.16. The summed E-state index contributed by atoms with van der Waals surface area (Å²) in [5, 5.41) is 8.91. The van der Waals surface area contributed by atoms with Gasteiger partial charge in [-0.1, -0.05) is 0 Å². The number of hydrogen-bond donors (Lipinski definition) is 2. The molecule has 1 aromatic rings. The first kappa shape index (κ1) is 12.4. The van der Waals surface area contributed by atoms with Crippen molar-refractivity contribution < 1.29 is 19.0 Å². The number of carboxylic acids is 1. The third-order valence-corrected chi connectivity index (χ3v) is 2.48. The fourth-order valence-electron chi connectivity index (χ4n) is 1.47. The second kappa shape index (κ2) is 4.94. The summed E-state index contributed by atoms with van der Waals surface area (Å²) >= 11 is 0. The molecule has 5 heteroatoms. The summed E-state index contributed by atoms with van der Waals surface area (Å²) in [4.78, 5) is 10.9. The van der Waals surface area contributed by atoms with E-state index < -0.39 is 17.7 Å². The molecule has 0 radical (unpaired) electrons. The summed E-state index contributed by atoms with van der Waals surface area (Å²) in [7, 11) is 1.41. The molecule has 0 bridgehead atoms. The maximum atomic E-state index is 13.5. The largest absolute Gasteiger partial charge is 0.496 e. The van der Waals surface area contributed by atoms with E-state index in [0.29, 0.717) is 16.9 Å². The Labute approximate surface area is 92.8 Å². The predicted octanol–water partition coefficient (Wildman–Crippen LogP) is 1.27. The summed E-state index contributed by atoms with van der Waals surface area (Å²) < 4.78 is 18.4. The molecule has 0 aliphatic carbocycles. The van der Waals surface area contributed by atoms with Crippen molar-refractivity contribution in [1.29, 1.82) is 0 Å². The SMILES string of the molecule is COc1cc(C(CN)C(=O)O)cc(F)c1C. The number of aliphatic carboxylic acids is 1. The third kappa shape index (κ3) is 2.30. The Morgan fingerprint density at radius 3 is 2.69 bits per heavy atom. The summed E-state index contributed by atoms with van der Waals surface area (Å²) in [6.45, 7) is 1.48. The molecule has 4 nitrogen and oxygen atoms in total. The molecule has 1 unspecified atom stereocenters. The summed E-state index contributed by atoms with van der Waals surface area (Å²) in [5.41, 5.74) is 6.01. The van der Waals surface area contributed by atoms with Crippen molar-refractivity contribution in [3.05, 3.63) is 29.1 Å². The monoisotopic (exact) mass is 227 g/mol. The Hall–Kier alpha value is -1.62. The van der Waals surface area contributed by atoms with Gasteiger partial charge in [0.25, 0.3) is 0 Å². The average molecular weight is 227 g/mol. The van der Waals surface area contributed by atoms with Gasteiger partial charge in [-0.05, 0) is 24.6 Å². The van der Waals surface area contributed by atoms with Crippen molar-refractivity contribution in [1.82, 2.24) is 0 Å². The van der Waals surface area contributed by atoms with Crippen LogP contribution in [0.5, 0.6) is 5.75 Å². The van der Waals surface area contributed by atoms with Crippen molar-refractivity contribution in [2.75, 3.05) is 13.7 Å². The van der Waals surface area contributed by atoms with Crippen LogP contribution in [0.2, 0.25) is 0 Å². The molecule has 0 heterocycles. The third-order valence-electron chi connectivity index (χ3n) is 2.48. The number of rotatable bonds is 4. The number of halogens is 1. The van der Waals surface area contributed by atoms with Crippen LogP contribution in [-0.2, 0) is 4.79 Å². The average Bonchev–Trinajstić information content (AvgIpc) is 2.23. The Balaban J connectivity index is 3.24. The molecule has 0 spiro atoms. The van der Waals surface area contributed by atoms with Gasteiger partial charge >= 0.3 is 5.97 Å². The van der Waals surface area contributed by atoms with Crippen molar-refractivity contribution >= 4 is 5.97 Å². The van der Waals surface area contributed by atoms with E-state index in [-0.39, 0.29) is 6.54 Å². The summed E-state index contributed by atoms with van der Waals surface area (Å²) in [5.74, 6) is -2.15. The summed E-state index contributed by atoms with van der Waals surface area (Å²) in [6.07, 6.45) is 0. The Bertz CT molecular complexity index is 406. The molecule has 0 saturated heterocycles. The molecule has 0 aliphatic heterocycles. The van der Waals surface area contributed by atoms with Gasteiger partial charge in [0.05, 0.1) is 13.0 Å². The molecule has 3 N–H and O–H groups in total. The topological polar surface area (TPSA) is 72.5 Å². The number of carboxylic acid groups (broad SMARTS) is 1. The van der Waals surface area contributed by atoms with E-state index >= 15 is 0 Å². The van der Waals surface area contributed by atoms with Crippen LogP contribution < -0.4 is 10.5 Å². The molecule has 0 saturated carbocycles. The van der Waals surface area contributed by atoms with Crippen LogP contribution >= 0.6 is 0 Å². The van der Waals surface area contributed by atoms with Crippen molar-refractivity contribution in [3.63, 3.8) is 0 Å². The van der Waals surface area contributed by atoms with Gasteiger partial charge in [-0.2, -0.15) is 0 Å². The normalized spacial score (nSPS) is 12.2.